The summed E-state index contributed by atoms with van der Waals surface area (Å²) in [6.07, 6.45) is 3.63. The van der Waals surface area contributed by atoms with E-state index in [9.17, 15) is 34.2 Å². The molecule has 2 saturated heterocycles. The maximum atomic E-state index is 14.2. The van der Waals surface area contributed by atoms with Crippen molar-refractivity contribution in [1.82, 2.24) is 20.6 Å². The van der Waals surface area contributed by atoms with Crippen LogP contribution in [0.4, 0.5) is 0 Å². The van der Waals surface area contributed by atoms with Gasteiger partial charge in [-0.2, -0.15) is 0 Å². The second-order valence-electron chi connectivity index (χ2n) is 19.0. The zero-order valence-corrected chi connectivity index (χ0v) is 43.2. The lowest BCUT2D eigenvalue weighted by Gasteiger charge is -2.33. The Hall–Kier alpha value is -6.83. The first-order chi connectivity index (χ1) is 35.6. The van der Waals surface area contributed by atoms with Gasteiger partial charge in [-0.25, -0.2) is 19.6 Å². The molecule has 74 heavy (non-hydrogen) atoms. The minimum Gasteiger partial charge on any atom is -0.503 e. The number of esters is 3. The highest BCUT2D eigenvalue weighted by Crippen LogP contribution is 2.31. The van der Waals surface area contributed by atoms with Crippen molar-refractivity contribution in [1.29, 1.82) is 0 Å². The van der Waals surface area contributed by atoms with E-state index in [-0.39, 0.29) is 61.7 Å². The highest BCUT2D eigenvalue weighted by atomic mass is 16.6. The lowest BCUT2D eigenvalue weighted by Crippen LogP contribution is -2.47. The zero-order valence-electron chi connectivity index (χ0n) is 43.2. The molecule has 19 heteroatoms. The molecule has 0 bridgehead atoms. The van der Waals surface area contributed by atoms with Gasteiger partial charge in [0.25, 0.3) is 11.8 Å². The molecule has 2 aromatic heterocycles. The largest absolute Gasteiger partial charge is 0.503 e. The molecule has 4 heterocycles. The molecule has 2 amide bonds. The third-order valence-electron chi connectivity index (χ3n) is 13.0. The number of ether oxygens (including phenoxy) is 8. The fraction of sp³-hybridized carbons (Fsp3) is 0.509. The molecule has 2 aromatic carbocycles. The number of aryl methyl sites for hydroxylation is 2. The smallest absolute Gasteiger partial charge is 0.331 e. The average molecular weight is 1030 g/mol. The minimum atomic E-state index is -1.32. The molecular weight excluding hydrogens is 957 g/mol. The lowest BCUT2D eigenvalue weighted by molar-refractivity contribution is -0.175. The van der Waals surface area contributed by atoms with Crippen LogP contribution in [0.25, 0.3) is 0 Å². The Morgan fingerprint density at radius 2 is 1.20 bits per heavy atom. The Bertz CT molecular complexity index is 2510. The van der Waals surface area contributed by atoms with Crippen LogP contribution < -0.4 is 20.1 Å². The number of cyclic esters (lactones) is 2. The van der Waals surface area contributed by atoms with Crippen molar-refractivity contribution in [2.24, 2.45) is 17.8 Å². The molecule has 4 aromatic rings. The predicted molar refractivity (Wildman–Crippen MR) is 269 cm³/mol. The van der Waals surface area contributed by atoms with E-state index in [0.717, 1.165) is 41.5 Å². The van der Waals surface area contributed by atoms with E-state index in [0.29, 0.717) is 25.9 Å². The van der Waals surface area contributed by atoms with Gasteiger partial charge in [-0.3, -0.25) is 14.4 Å². The van der Waals surface area contributed by atoms with Gasteiger partial charge in [0.15, 0.2) is 46.5 Å². The third kappa shape index (κ3) is 15.4. The maximum Gasteiger partial charge on any atom is 0.331 e. The first kappa shape index (κ1) is 56.5. The molecule has 0 spiro atoms. The Morgan fingerprint density at radius 3 is 1.72 bits per heavy atom. The van der Waals surface area contributed by atoms with E-state index in [1.807, 2.05) is 55.5 Å². The number of amides is 2. The van der Waals surface area contributed by atoms with E-state index in [1.54, 1.807) is 20.8 Å². The summed E-state index contributed by atoms with van der Waals surface area (Å²) in [5.74, 6) is -5.86. The van der Waals surface area contributed by atoms with E-state index in [1.165, 1.54) is 38.7 Å². The number of rotatable bonds is 20. The molecule has 0 radical (unpaired) electrons. The van der Waals surface area contributed by atoms with Gasteiger partial charge in [0.05, 0.1) is 52.7 Å². The lowest BCUT2D eigenvalue weighted by atomic mass is 9.88. The Balaban J connectivity index is 1.22. The number of unbranched alkanes of at least 4 members (excludes halogenated alkanes) is 2. The van der Waals surface area contributed by atoms with Crippen LogP contribution in [0.3, 0.4) is 0 Å². The van der Waals surface area contributed by atoms with Crippen LogP contribution in [0.1, 0.15) is 96.6 Å². The number of carbonyl (C=O) groups excluding carboxylic acids is 5. The van der Waals surface area contributed by atoms with Gasteiger partial charge >= 0.3 is 17.9 Å². The number of nitrogens with zero attached hydrogens (tertiary/aromatic N) is 2. The number of benzene rings is 2. The van der Waals surface area contributed by atoms with Crippen molar-refractivity contribution < 1.29 is 72.1 Å². The van der Waals surface area contributed by atoms with Gasteiger partial charge in [-0.1, -0.05) is 87.7 Å². The van der Waals surface area contributed by atoms with Crippen LogP contribution in [0.5, 0.6) is 23.0 Å². The minimum absolute atomic E-state index is 0.0209. The highest BCUT2D eigenvalue weighted by molar-refractivity contribution is 5.98. The van der Waals surface area contributed by atoms with Gasteiger partial charge in [0, 0.05) is 43.0 Å². The topological polar surface area (TPSA) is 249 Å². The summed E-state index contributed by atoms with van der Waals surface area (Å²) in [6.45, 7) is 9.44. The van der Waals surface area contributed by atoms with E-state index in [2.05, 4.69) is 27.5 Å². The molecule has 0 saturated carbocycles. The second-order valence-corrected chi connectivity index (χ2v) is 19.0. The van der Waals surface area contributed by atoms with Crippen molar-refractivity contribution >= 4 is 29.7 Å². The molecule has 400 valence electrons. The molecule has 2 fully saturated rings. The molecule has 2 aliphatic heterocycles. The van der Waals surface area contributed by atoms with Crippen LogP contribution in [0.15, 0.2) is 73.1 Å². The summed E-state index contributed by atoms with van der Waals surface area (Å²) in [4.78, 5) is 75.9. The second kappa shape index (κ2) is 27.5. The monoisotopic (exact) mass is 1030 g/mol. The molecule has 6 rings (SSSR count). The number of aromatic nitrogens is 2. The molecular formula is C55H70N4O15. The number of hydrogen-bond donors (Lipinski definition) is 4. The Labute approximate surface area is 431 Å². The fourth-order valence-electron chi connectivity index (χ4n) is 8.85. The Kier molecular flexibility index (Phi) is 21.0. The van der Waals surface area contributed by atoms with Gasteiger partial charge in [0.1, 0.15) is 18.3 Å². The standard InChI is InChI=1S/C55H70N4O15/c1-8-9-10-25-71-49-34(5)72-54(65)40(58-51(62)45-47(60)42(67-6)21-23-56-45)30-69-28-38(49)26-37-17-15-35(16-18-37)19-20-44-50(74-53(64)32(2)3)39(27-36-13-11-33(4)12-14-36)29-70-31-41(55(66)73-44)59-52(63)46-48(61)43(68-7)22-24-57-46/h11-18,21-24,32,34,38-41,44,49-50,60-61H,8-10,19-20,25-31H2,1-7H3,(H,58,62)(H,59,63). The molecule has 8 atom stereocenters. The molecule has 2 aliphatic rings. The van der Waals surface area contributed by atoms with E-state index >= 15 is 0 Å². The number of methoxy groups -OCH3 is 2. The summed E-state index contributed by atoms with van der Waals surface area (Å²) in [7, 11) is 2.68. The summed E-state index contributed by atoms with van der Waals surface area (Å²) in [5.41, 5.74) is 3.18. The zero-order chi connectivity index (χ0) is 53.3. The molecule has 8 unspecified atom stereocenters. The SMILES string of the molecule is CCCCCOC1C(Cc2ccc(CCC3OC(=O)C(NC(=O)c4nccc(OC)c4O)COCC(Cc4ccc(C)cc4)C3OC(=O)C(C)C)cc2)COCC(NC(=O)c2nccc(OC)c2O)C(=O)OC1C. The van der Waals surface area contributed by atoms with Crippen molar-refractivity contribution in [2.45, 2.75) is 116 Å². The summed E-state index contributed by atoms with van der Waals surface area (Å²) < 4.78 is 47.5. The number of pyridine rings is 2. The summed E-state index contributed by atoms with van der Waals surface area (Å²) in [5, 5.41) is 26.4. The number of nitrogens with one attached hydrogen (secondary N) is 2. The van der Waals surface area contributed by atoms with Crippen LogP contribution in [-0.2, 0) is 62.1 Å². The number of hydrogen-bond acceptors (Lipinski definition) is 17. The highest BCUT2D eigenvalue weighted by Gasteiger charge is 2.41. The predicted octanol–water partition coefficient (Wildman–Crippen LogP) is 5.81. The van der Waals surface area contributed by atoms with Crippen molar-refractivity contribution in [3.05, 3.63) is 107 Å². The molecule has 0 aliphatic carbocycles. The Morgan fingerprint density at radius 1 is 0.703 bits per heavy atom. The van der Waals surface area contributed by atoms with Gasteiger partial charge in [0.2, 0.25) is 0 Å². The molecule has 19 nitrogen and oxygen atoms in total. The number of aromatic hydroxyl groups is 2. The van der Waals surface area contributed by atoms with Gasteiger partial charge in [-0.15, -0.1) is 0 Å². The summed E-state index contributed by atoms with van der Waals surface area (Å²) in [6, 6.07) is 16.1. The third-order valence-corrected chi connectivity index (χ3v) is 13.0. The quantitative estimate of drug-likeness (QED) is 0.0463. The first-order valence-electron chi connectivity index (χ1n) is 25.2. The van der Waals surface area contributed by atoms with Crippen molar-refractivity contribution in [3.8, 4) is 23.0 Å². The fourth-order valence-corrected chi connectivity index (χ4v) is 8.85. The number of carbonyl (C=O) groups is 5. The van der Waals surface area contributed by atoms with Crippen LogP contribution >= 0.6 is 0 Å². The normalized spacial score (nSPS) is 22.5. The van der Waals surface area contributed by atoms with Gasteiger partial charge in [-0.05, 0) is 62.6 Å². The van der Waals surface area contributed by atoms with E-state index in [4.69, 9.17) is 37.9 Å². The van der Waals surface area contributed by atoms with Crippen LogP contribution in [0.2, 0.25) is 0 Å². The molecule has 4 N–H and O–H groups in total. The van der Waals surface area contributed by atoms with Crippen LogP contribution in [0, 0.1) is 24.7 Å². The van der Waals surface area contributed by atoms with Gasteiger partial charge < -0.3 is 58.7 Å². The van der Waals surface area contributed by atoms with Crippen LogP contribution in [-0.4, -0.2) is 134 Å². The van der Waals surface area contributed by atoms with Crippen molar-refractivity contribution in [2.75, 3.05) is 47.3 Å². The first-order valence-corrected chi connectivity index (χ1v) is 25.2. The maximum absolute atomic E-state index is 14.2. The van der Waals surface area contributed by atoms with Crippen molar-refractivity contribution in [3.63, 3.8) is 0 Å². The summed E-state index contributed by atoms with van der Waals surface area (Å²) >= 11 is 0. The van der Waals surface area contributed by atoms with E-state index < -0.39 is 89.6 Å². The average Bonchev–Trinajstić information content (AvgIpc) is 3.47.